The van der Waals surface area contributed by atoms with Gasteiger partial charge in [0, 0.05) is 10.0 Å². The Hall–Kier alpha value is -2.25. The van der Waals surface area contributed by atoms with Crippen molar-refractivity contribution in [3.05, 3.63) is 57.0 Å². The van der Waals surface area contributed by atoms with Crippen molar-refractivity contribution in [2.75, 3.05) is 14.2 Å². The van der Waals surface area contributed by atoms with Gasteiger partial charge in [0.1, 0.15) is 0 Å². The van der Waals surface area contributed by atoms with Crippen LogP contribution < -0.4 is 20.3 Å². The van der Waals surface area contributed by atoms with Gasteiger partial charge in [0.2, 0.25) is 0 Å². The number of hydrogen-bond acceptors (Lipinski definition) is 4. The topological polar surface area (TPSA) is 76.7 Å². The maximum atomic E-state index is 12.1. The molecule has 8 heteroatoms. The average Bonchev–Trinajstić information content (AvgIpc) is 2.60. The highest BCUT2D eigenvalue weighted by molar-refractivity contribution is 9.10. The Labute approximate surface area is 152 Å². The second-order valence-corrected chi connectivity index (χ2v) is 5.93. The first-order valence-electron chi connectivity index (χ1n) is 6.74. The standard InChI is InChI=1S/C16H14BrClN2O4/c1-23-13-6-3-9(7-14(13)24-2)15(21)19-20-16(22)11-8-10(17)4-5-12(11)18/h3-8H,1-2H3,(H,19,21)(H,20,22). The summed E-state index contributed by atoms with van der Waals surface area (Å²) in [5, 5.41) is 0.274. The van der Waals surface area contributed by atoms with Gasteiger partial charge in [0.25, 0.3) is 11.8 Å². The Morgan fingerprint density at radius 2 is 1.62 bits per heavy atom. The summed E-state index contributed by atoms with van der Waals surface area (Å²) in [6.45, 7) is 0. The SMILES string of the molecule is COc1ccc(C(=O)NNC(=O)c2cc(Br)ccc2Cl)cc1OC. The number of amides is 2. The van der Waals surface area contributed by atoms with Crippen LogP contribution in [0.5, 0.6) is 11.5 Å². The molecule has 0 atom stereocenters. The first-order valence-corrected chi connectivity index (χ1v) is 7.91. The molecule has 2 amide bonds. The number of rotatable bonds is 4. The molecule has 0 saturated heterocycles. The molecule has 2 N–H and O–H groups in total. The molecule has 2 aromatic rings. The Morgan fingerprint density at radius 3 is 2.29 bits per heavy atom. The molecule has 0 radical (unpaired) electrons. The van der Waals surface area contributed by atoms with Gasteiger partial charge in [-0.05, 0) is 36.4 Å². The summed E-state index contributed by atoms with van der Waals surface area (Å²) in [5.74, 6) is -0.129. The minimum absolute atomic E-state index is 0.235. The fraction of sp³-hybridized carbons (Fsp3) is 0.125. The number of hydrogen-bond donors (Lipinski definition) is 2. The number of hydrazine groups is 1. The van der Waals surface area contributed by atoms with Gasteiger partial charge in [0.05, 0.1) is 24.8 Å². The molecule has 0 saturated carbocycles. The number of benzene rings is 2. The third-order valence-corrected chi connectivity index (χ3v) is 3.93. The van der Waals surface area contributed by atoms with Crippen LogP contribution in [-0.4, -0.2) is 26.0 Å². The van der Waals surface area contributed by atoms with Gasteiger partial charge in [-0.15, -0.1) is 0 Å². The summed E-state index contributed by atoms with van der Waals surface area (Å²) in [5.41, 5.74) is 5.17. The maximum absolute atomic E-state index is 12.1. The van der Waals surface area contributed by atoms with Crippen molar-refractivity contribution >= 4 is 39.3 Å². The minimum Gasteiger partial charge on any atom is -0.493 e. The van der Waals surface area contributed by atoms with E-state index in [4.69, 9.17) is 21.1 Å². The van der Waals surface area contributed by atoms with E-state index in [0.29, 0.717) is 21.5 Å². The molecule has 126 valence electrons. The quantitative estimate of drug-likeness (QED) is 0.755. The van der Waals surface area contributed by atoms with Crippen LogP contribution in [0.4, 0.5) is 0 Å². The van der Waals surface area contributed by atoms with E-state index in [0.717, 1.165) is 0 Å². The van der Waals surface area contributed by atoms with Gasteiger partial charge in [-0.25, -0.2) is 0 Å². The Kier molecular flexibility index (Phi) is 6.05. The molecule has 6 nitrogen and oxygen atoms in total. The molecular weight excluding hydrogens is 400 g/mol. The van der Waals surface area contributed by atoms with Crippen molar-refractivity contribution < 1.29 is 19.1 Å². The summed E-state index contributed by atoms with van der Waals surface area (Å²) in [6, 6.07) is 9.50. The van der Waals surface area contributed by atoms with Crippen LogP contribution in [0.3, 0.4) is 0 Å². The lowest BCUT2D eigenvalue weighted by molar-refractivity contribution is 0.0846. The Bertz CT molecular complexity index is 783. The number of methoxy groups -OCH3 is 2. The molecule has 0 aliphatic heterocycles. The van der Waals surface area contributed by atoms with Crippen molar-refractivity contribution in [1.29, 1.82) is 0 Å². The molecule has 2 rings (SSSR count). The minimum atomic E-state index is -0.532. The van der Waals surface area contributed by atoms with E-state index in [1.807, 2.05) is 0 Å². The van der Waals surface area contributed by atoms with E-state index in [1.165, 1.54) is 20.3 Å². The van der Waals surface area contributed by atoms with Crippen LogP contribution >= 0.6 is 27.5 Å². The summed E-state index contributed by atoms with van der Waals surface area (Å²) < 4.78 is 10.9. The van der Waals surface area contributed by atoms with Gasteiger partial charge in [-0.3, -0.25) is 20.4 Å². The highest BCUT2D eigenvalue weighted by atomic mass is 79.9. The van der Waals surface area contributed by atoms with E-state index in [-0.39, 0.29) is 10.6 Å². The number of carbonyl (C=O) groups excluding carboxylic acids is 2. The van der Waals surface area contributed by atoms with Gasteiger partial charge >= 0.3 is 0 Å². The zero-order valence-corrected chi connectivity index (χ0v) is 15.2. The highest BCUT2D eigenvalue weighted by Crippen LogP contribution is 2.27. The molecule has 24 heavy (non-hydrogen) atoms. The Morgan fingerprint density at radius 1 is 0.958 bits per heavy atom. The summed E-state index contributed by atoms with van der Waals surface area (Å²) in [7, 11) is 2.97. The fourth-order valence-corrected chi connectivity index (χ4v) is 2.47. The van der Waals surface area contributed by atoms with Crippen LogP contribution in [-0.2, 0) is 0 Å². The van der Waals surface area contributed by atoms with Crippen molar-refractivity contribution in [2.24, 2.45) is 0 Å². The third kappa shape index (κ3) is 4.18. The smallest absolute Gasteiger partial charge is 0.271 e. The van der Waals surface area contributed by atoms with E-state index in [1.54, 1.807) is 30.3 Å². The van der Waals surface area contributed by atoms with Crippen molar-refractivity contribution in [1.82, 2.24) is 10.9 Å². The van der Waals surface area contributed by atoms with Crippen molar-refractivity contribution in [3.8, 4) is 11.5 Å². The molecule has 0 heterocycles. The molecule has 0 bridgehead atoms. The van der Waals surface area contributed by atoms with Gasteiger partial charge in [-0.2, -0.15) is 0 Å². The molecule has 0 aliphatic rings. The second-order valence-electron chi connectivity index (χ2n) is 4.60. The van der Waals surface area contributed by atoms with Crippen LogP contribution in [0.2, 0.25) is 5.02 Å². The van der Waals surface area contributed by atoms with E-state index >= 15 is 0 Å². The fourth-order valence-electron chi connectivity index (χ4n) is 1.90. The first-order chi connectivity index (χ1) is 11.5. The zero-order valence-electron chi connectivity index (χ0n) is 12.9. The molecule has 0 fully saturated rings. The summed E-state index contributed by atoms with van der Waals surface area (Å²) in [6.07, 6.45) is 0. The van der Waals surface area contributed by atoms with Gasteiger partial charge in [-0.1, -0.05) is 27.5 Å². The number of carbonyl (C=O) groups is 2. The number of halogens is 2. The van der Waals surface area contributed by atoms with Crippen LogP contribution in [0.25, 0.3) is 0 Å². The monoisotopic (exact) mass is 412 g/mol. The summed E-state index contributed by atoms with van der Waals surface area (Å²) in [4.78, 5) is 24.2. The van der Waals surface area contributed by atoms with Crippen LogP contribution in [0, 0.1) is 0 Å². The number of nitrogens with one attached hydrogen (secondary N) is 2. The van der Waals surface area contributed by atoms with E-state index < -0.39 is 11.8 Å². The Balaban J connectivity index is 2.07. The predicted octanol–water partition coefficient (Wildman–Crippen LogP) is 3.19. The molecule has 0 aliphatic carbocycles. The molecule has 0 unspecified atom stereocenters. The largest absolute Gasteiger partial charge is 0.493 e. The van der Waals surface area contributed by atoms with Gasteiger partial charge < -0.3 is 9.47 Å². The van der Waals surface area contributed by atoms with Crippen molar-refractivity contribution in [2.45, 2.75) is 0 Å². The molecule has 0 spiro atoms. The van der Waals surface area contributed by atoms with Crippen molar-refractivity contribution in [3.63, 3.8) is 0 Å². The predicted molar refractivity (Wildman–Crippen MR) is 93.6 cm³/mol. The third-order valence-electron chi connectivity index (χ3n) is 3.11. The zero-order chi connectivity index (χ0) is 17.7. The van der Waals surface area contributed by atoms with Gasteiger partial charge in [0.15, 0.2) is 11.5 Å². The first kappa shape index (κ1) is 18.1. The van der Waals surface area contributed by atoms with Crippen LogP contribution in [0.15, 0.2) is 40.9 Å². The average molecular weight is 414 g/mol. The van der Waals surface area contributed by atoms with Crippen LogP contribution in [0.1, 0.15) is 20.7 Å². The molecular formula is C16H14BrClN2O4. The maximum Gasteiger partial charge on any atom is 0.271 e. The normalized spacial score (nSPS) is 10.0. The van der Waals surface area contributed by atoms with E-state index in [9.17, 15) is 9.59 Å². The van der Waals surface area contributed by atoms with E-state index in [2.05, 4.69) is 26.8 Å². The number of ether oxygens (including phenoxy) is 2. The highest BCUT2D eigenvalue weighted by Gasteiger charge is 2.14. The second kappa shape index (κ2) is 8.03. The lowest BCUT2D eigenvalue weighted by Gasteiger charge is -2.11. The molecule has 2 aromatic carbocycles. The molecule has 0 aromatic heterocycles. The summed E-state index contributed by atoms with van der Waals surface area (Å²) >= 11 is 9.23. The lowest BCUT2D eigenvalue weighted by Crippen LogP contribution is -2.41. The lowest BCUT2D eigenvalue weighted by atomic mass is 10.2.